The number of carboxylic acid groups (broad SMARTS) is 2. The second-order valence-electron chi connectivity index (χ2n) is 6.86. The summed E-state index contributed by atoms with van der Waals surface area (Å²) in [4.78, 5) is 23.2. The largest absolute Gasteiger partial charge is 0.478 e. The van der Waals surface area contributed by atoms with Crippen LogP contribution in [0.4, 0.5) is 0 Å². The van der Waals surface area contributed by atoms with E-state index in [9.17, 15) is 19.8 Å². The average molecular weight is 394 g/mol. The van der Waals surface area contributed by atoms with Gasteiger partial charge in [0.15, 0.2) is 0 Å². The monoisotopic (exact) mass is 394 g/mol. The third-order valence-electron chi connectivity index (χ3n) is 5.02. The molecule has 0 fully saturated rings. The number of rotatable bonds is 5. The van der Waals surface area contributed by atoms with Gasteiger partial charge in [-0.05, 0) is 39.9 Å². The Morgan fingerprint density at radius 1 is 0.433 bits per heavy atom. The van der Waals surface area contributed by atoms with E-state index in [2.05, 4.69) is 24.3 Å². The van der Waals surface area contributed by atoms with Gasteiger partial charge in [0.1, 0.15) is 0 Å². The highest BCUT2D eigenvalue weighted by molar-refractivity contribution is 6.05. The molecule has 0 atom stereocenters. The van der Waals surface area contributed by atoms with Crippen molar-refractivity contribution in [1.29, 1.82) is 0 Å². The molecule has 4 nitrogen and oxygen atoms in total. The van der Waals surface area contributed by atoms with E-state index in [4.69, 9.17) is 0 Å². The molecule has 2 N–H and O–H groups in total. The molecule has 0 saturated heterocycles. The van der Waals surface area contributed by atoms with Gasteiger partial charge in [0.2, 0.25) is 0 Å². The summed E-state index contributed by atoms with van der Waals surface area (Å²) in [6.45, 7) is 0. The molecule has 146 valence electrons. The van der Waals surface area contributed by atoms with Gasteiger partial charge >= 0.3 is 11.9 Å². The van der Waals surface area contributed by atoms with Crippen LogP contribution >= 0.6 is 0 Å². The molecular weight excluding hydrogens is 376 g/mol. The molecule has 0 saturated carbocycles. The van der Waals surface area contributed by atoms with E-state index in [1.54, 1.807) is 12.1 Å². The van der Waals surface area contributed by atoms with Gasteiger partial charge in [-0.2, -0.15) is 0 Å². The quantitative estimate of drug-likeness (QED) is 0.430. The maximum atomic E-state index is 11.6. The molecular formula is C26H18O4. The lowest BCUT2D eigenvalue weighted by Crippen LogP contribution is -2.06. The molecule has 0 unspecified atom stereocenters. The van der Waals surface area contributed by atoms with Crippen molar-refractivity contribution in [2.45, 2.75) is 0 Å². The first kappa shape index (κ1) is 19.2. The van der Waals surface area contributed by atoms with E-state index >= 15 is 0 Å². The van der Waals surface area contributed by atoms with Gasteiger partial charge < -0.3 is 10.2 Å². The fraction of sp³-hybridized carbons (Fsp3) is 0. The van der Waals surface area contributed by atoms with Crippen molar-refractivity contribution in [3.63, 3.8) is 0 Å². The van der Waals surface area contributed by atoms with Gasteiger partial charge in [0.25, 0.3) is 0 Å². The van der Waals surface area contributed by atoms with Gasteiger partial charge in [-0.1, -0.05) is 84.9 Å². The Morgan fingerprint density at radius 2 is 0.800 bits per heavy atom. The summed E-state index contributed by atoms with van der Waals surface area (Å²) < 4.78 is 0. The smallest absolute Gasteiger partial charge is 0.336 e. The van der Waals surface area contributed by atoms with Crippen LogP contribution in [-0.2, 0) is 0 Å². The molecule has 0 bridgehead atoms. The van der Waals surface area contributed by atoms with Crippen LogP contribution in [0.3, 0.4) is 0 Å². The van der Waals surface area contributed by atoms with Crippen molar-refractivity contribution in [2.75, 3.05) is 0 Å². The molecule has 4 aromatic carbocycles. The number of aromatic carboxylic acids is 2. The summed E-state index contributed by atoms with van der Waals surface area (Å²) in [5.74, 6) is -2.32. The number of benzene rings is 4. The molecule has 4 aromatic rings. The van der Waals surface area contributed by atoms with E-state index in [1.165, 1.54) is 18.2 Å². The second-order valence-corrected chi connectivity index (χ2v) is 6.86. The molecule has 0 aliphatic carbocycles. The fourth-order valence-electron chi connectivity index (χ4n) is 3.53. The van der Waals surface area contributed by atoms with Crippen LogP contribution in [0, 0.1) is 0 Å². The molecule has 0 amide bonds. The van der Waals surface area contributed by atoms with E-state index in [0.717, 1.165) is 22.3 Å². The number of hydrogen-bond donors (Lipinski definition) is 2. The topological polar surface area (TPSA) is 74.6 Å². The highest BCUT2D eigenvalue weighted by Crippen LogP contribution is 2.31. The SMILES string of the molecule is O=C(O)c1cccc(C(=O)O)c1-c1ccc(-c2ccc(-c3ccccc3)cc2)cc1. The zero-order chi connectivity index (χ0) is 21.1. The van der Waals surface area contributed by atoms with E-state index in [-0.39, 0.29) is 16.7 Å². The molecule has 4 rings (SSSR count). The Kier molecular flexibility index (Phi) is 5.14. The Morgan fingerprint density at radius 3 is 1.20 bits per heavy atom. The van der Waals surface area contributed by atoms with Crippen LogP contribution < -0.4 is 0 Å². The molecule has 0 spiro atoms. The van der Waals surface area contributed by atoms with E-state index in [1.807, 2.05) is 42.5 Å². The Labute approximate surface area is 173 Å². The lowest BCUT2D eigenvalue weighted by Gasteiger charge is -2.11. The summed E-state index contributed by atoms with van der Waals surface area (Å²) in [5.41, 5.74) is 4.95. The number of carboxylic acids is 2. The Hall–Kier alpha value is -4.18. The van der Waals surface area contributed by atoms with Crippen molar-refractivity contribution in [1.82, 2.24) is 0 Å². The van der Waals surface area contributed by atoms with E-state index in [0.29, 0.717) is 5.56 Å². The molecule has 0 radical (unpaired) electrons. The number of carbonyl (C=O) groups is 2. The van der Waals surface area contributed by atoms with Gasteiger partial charge in [-0.3, -0.25) is 0 Å². The first-order valence-corrected chi connectivity index (χ1v) is 9.40. The van der Waals surface area contributed by atoms with Gasteiger partial charge in [-0.15, -0.1) is 0 Å². The predicted octanol–water partition coefficient (Wildman–Crippen LogP) is 6.08. The summed E-state index contributed by atoms with van der Waals surface area (Å²) in [6.07, 6.45) is 0. The lowest BCUT2D eigenvalue weighted by atomic mass is 9.92. The van der Waals surface area contributed by atoms with Crippen LogP contribution in [0.1, 0.15) is 20.7 Å². The molecule has 30 heavy (non-hydrogen) atoms. The zero-order valence-corrected chi connectivity index (χ0v) is 15.9. The molecule has 0 heterocycles. The van der Waals surface area contributed by atoms with Crippen LogP contribution in [0.15, 0.2) is 97.1 Å². The van der Waals surface area contributed by atoms with Crippen molar-refractivity contribution in [3.8, 4) is 33.4 Å². The second kappa shape index (κ2) is 8.05. The predicted molar refractivity (Wildman–Crippen MR) is 117 cm³/mol. The van der Waals surface area contributed by atoms with Crippen LogP contribution in [0.25, 0.3) is 33.4 Å². The molecule has 0 aliphatic rings. The minimum atomic E-state index is -1.16. The zero-order valence-electron chi connectivity index (χ0n) is 15.9. The highest BCUT2D eigenvalue weighted by atomic mass is 16.4. The fourth-order valence-corrected chi connectivity index (χ4v) is 3.53. The third kappa shape index (κ3) is 3.71. The van der Waals surface area contributed by atoms with Crippen LogP contribution in [0.5, 0.6) is 0 Å². The summed E-state index contributed by atoms with van der Waals surface area (Å²) >= 11 is 0. The van der Waals surface area contributed by atoms with Crippen molar-refractivity contribution in [2.24, 2.45) is 0 Å². The maximum Gasteiger partial charge on any atom is 0.336 e. The summed E-state index contributed by atoms with van der Waals surface area (Å²) in [7, 11) is 0. The van der Waals surface area contributed by atoms with Crippen LogP contribution in [-0.4, -0.2) is 22.2 Å². The van der Waals surface area contributed by atoms with Crippen molar-refractivity contribution < 1.29 is 19.8 Å². The van der Waals surface area contributed by atoms with Gasteiger partial charge in [0, 0.05) is 5.56 Å². The number of hydrogen-bond acceptors (Lipinski definition) is 2. The molecule has 4 heteroatoms. The van der Waals surface area contributed by atoms with Crippen LogP contribution in [0.2, 0.25) is 0 Å². The van der Waals surface area contributed by atoms with E-state index < -0.39 is 11.9 Å². The van der Waals surface area contributed by atoms with Gasteiger partial charge in [0.05, 0.1) is 11.1 Å². The summed E-state index contributed by atoms with van der Waals surface area (Å²) in [6, 6.07) is 29.8. The maximum absolute atomic E-state index is 11.6. The Balaban J connectivity index is 1.69. The molecule has 0 aliphatic heterocycles. The Bertz CT molecular complexity index is 1180. The normalized spacial score (nSPS) is 10.5. The minimum Gasteiger partial charge on any atom is -0.478 e. The highest BCUT2D eigenvalue weighted by Gasteiger charge is 2.19. The third-order valence-corrected chi connectivity index (χ3v) is 5.02. The molecule has 0 aromatic heterocycles. The van der Waals surface area contributed by atoms with Gasteiger partial charge in [-0.25, -0.2) is 9.59 Å². The minimum absolute atomic E-state index is 0.0325. The lowest BCUT2D eigenvalue weighted by molar-refractivity contribution is 0.0696. The van der Waals surface area contributed by atoms with Crippen molar-refractivity contribution >= 4 is 11.9 Å². The van der Waals surface area contributed by atoms with Crippen molar-refractivity contribution in [3.05, 3.63) is 108 Å². The standard InChI is InChI=1S/C26H18O4/c27-25(28)22-7-4-8-23(26(29)30)24(22)21-15-13-20(14-16-21)19-11-9-18(10-12-19)17-5-2-1-3-6-17/h1-16H,(H,27,28)(H,29,30). The first-order valence-electron chi connectivity index (χ1n) is 9.40. The first-order chi connectivity index (χ1) is 14.5. The average Bonchev–Trinajstić information content (AvgIpc) is 2.79. The summed E-state index contributed by atoms with van der Waals surface area (Å²) in [5, 5.41) is 19.0.